The summed E-state index contributed by atoms with van der Waals surface area (Å²) in [7, 11) is 0. The molecule has 17 heavy (non-hydrogen) atoms. The van der Waals surface area contributed by atoms with Crippen LogP contribution < -0.4 is 5.32 Å². The first-order chi connectivity index (χ1) is 8.24. The number of rotatable bonds is 5. The molecule has 2 rings (SSSR count). The van der Waals surface area contributed by atoms with Gasteiger partial charge in [0.25, 0.3) is 0 Å². The fourth-order valence-electron chi connectivity index (χ4n) is 1.83. The van der Waals surface area contributed by atoms with Crippen molar-refractivity contribution < 1.29 is 0 Å². The highest BCUT2D eigenvalue weighted by molar-refractivity contribution is 7.07. The number of thiophene rings is 1. The van der Waals surface area contributed by atoms with Gasteiger partial charge in [-0.05, 0) is 48.2 Å². The Kier molecular flexibility index (Phi) is 4.35. The van der Waals surface area contributed by atoms with Crippen LogP contribution in [-0.2, 0) is 13.0 Å². The van der Waals surface area contributed by atoms with E-state index < -0.39 is 0 Å². The van der Waals surface area contributed by atoms with Gasteiger partial charge in [-0.1, -0.05) is 29.8 Å². The van der Waals surface area contributed by atoms with Crippen molar-refractivity contribution in [2.24, 2.45) is 0 Å². The van der Waals surface area contributed by atoms with Crippen molar-refractivity contribution >= 4 is 11.3 Å². The number of hydrogen-bond donors (Lipinski definition) is 1. The van der Waals surface area contributed by atoms with Crippen LogP contribution in [0, 0.1) is 6.92 Å². The molecule has 1 heterocycles. The van der Waals surface area contributed by atoms with Crippen molar-refractivity contribution in [1.82, 2.24) is 5.32 Å². The molecule has 90 valence electrons. The second-order valence-electron chi connectivity index (χ2n) is 4.60. The van der Waals surface area contributed by atoms with Crippen LogP contribution in [0.15, 0.2) is 41.1 Å². The summed E-state index contributed by atoms with van der Waals surface area (Å²) < 4.78 is 0. The number of benzene rings is 1. The molecule has 1 N–H and O–H groups in total. The first-order valence-corrected chi connectivity index (χ1v) is 6.98. The lowest BCUT2D eigenvalue weighted by Crippen LogP contribution is -2.27. The zero-order valence-electron chi connectivity index (χ0n) is 10.4. The lowest BCUT2D eigenvalue weighted by molar-refractivity contribution is 0.546. The lowest BCUT2D eigenvalue weighted by atomic mass is 10.1. The minimum absolute atomic E-state index is 0.519. The van der Waals surface area contributed by atoms with Crippen molar-refractivity contribution in [3.63, 3.8) is 0 Å². The van der Waals surface area contributed by atoms with Crippen LogP contribution in [-0.4, -0.2) is 6.04 Å². The lowest BCUT2D eigenvalue weighted by Gasteiger charge is -2.13. The molecule has 1 unspecified atom stereocenters. The van der Waals surface area contributed by atoms with Gasteiger partial charge in [0.1, 0.15) is 0 Å². The molecule has 0 aliphatic rings. The second kappa shape index (κ2) is 5.99. The molecule has 2 aromatic rings. The van der Waals surface area contributed by atoms with E-state index in [4.69, 9.17) is 0 Å². The van der Waals surface area contributed by atoms with E-state index in [1.807, 2.05) is 0 Å². The third-order valence-electron chi connectivity index (χ3n) is 2.90. The Balaban J connectivity index is 1.79. The molecule has 0 spiro atoms. The molecule has 0 saturated carbocycles. The largest absolute Gasteiger partial charge is 0.310 e. The van der Waals surface area contributed by atoms with E-state index in [1.165, 1.54) is 16.7 Å². The van der Waals surface area contributed by atoms with Crippen molar-refractivity contribution in [3.05, 3.63) is 57.8 Å². The molecule has 0 radical (unpaired) electrons. The van der Waals surface area contributed by atoms with Gasteiger partial charge in [0.2, 0.25) is 0 Å². The van der Waals surface area contributed by atoms with Crippen LogP contribution in [0.2, 0.25) is 0 Å². The topological polar surface area (TPSA) is 12.0 Å². The van der Waals surface area contributed by atoms with Gasteiger partial charge >= 0.3 is 0 Å². The van der Waals surface area contributed by atoms with E-state index in [0.29, 0.717) is 6.04 Å². The smallest absolute Gasteiger partial charge is 0.0208 e. The van der Waals surface area contributed by atoms with Gasteiger partial charge in [-0.2, -0.15) is 11.3 Å². The first-order valence-electron chi connectivity index (χ1n) is 6.04. The highest BCUT2D eigenvalue weighted by Crippen LogP contribution is 2.09. The van der Waals surface area contributed by atoms with Crippen LogP contribution in [0.4, 0.5) is 0 Å². The van der Waals surface area contributed by atoms with E-state index in [2.05, 4.69) is 60.3 Å². The summed E-state index contributed by atoms with van der Waals surface area (Å²) in [6, 6.07) is 11.4. The summed E-state index contributed by atoms with van der Waals surface area (Å²) in [4.78, 5) is 0. The zero-order valence-corrected chi connectivity index (χ0v) is 11.3. The third kappa shape index (κ3) is 3.99. The van der Waals surface area contributed by atoms with Gasteiger partial charge in [-0.15, -0.1) is 0 Å². The van der Waals surface area contributed by atoms with Crippen molar-refractivity contribution in [1.29, 1.82) is 0 Å². The van der Waals surface area contributed by atoms with Crippen molar-refractivity contribution in [3.8, 4) is 0 Å². The molecule has 1 aromatic carbocycles. The van der Waals surface area contributed by atoms with Gasteiger partial charge < -0.3 is 5.32 Å². The molecule has 2 heteroatoms. The Labute approximate surface area is 108 Å². The van der Waals surface area contributed by atoms with Gasteiger partial charge in [-0.25, -0.2) is 0 Å². The minimum Gasteiger partial charge on any atom is -0.310 e. The summed E-state index contributed by atoms with van der Waals surface area (Å²) in [6.45, 7) is 5.31. The molecular weight excluding hydrogens is 226 g/mol. The highest BCUT2D eigenvalue weighted by atomic mass is 32.1. The molecule has 1 atom stereocenters. The van der Waals surface area contributed by atoms with Gasteiger partial charge in [-0.3, -0.25) is 0 Å². The summed E-state index contributed by atoms with van der Waals surface area (Å²) in [5, 5.41) is 7.93. The molecular formula is C15H19NS. The molecule has 0 saturated heterocycles. The Morgan fingerprint density at radius 2 is 1.88 bits per heavy atom. The van der Waals surface area contributed by atoms with Crippen LogP contribution in [0.5, 0.6) is 0 Å². The standard InChI is InChI=1S/C15H19NS/c1-12-3-5-14(6-4-12)10-16-13(2)9-15-7-8-17-11-15/h3-8,11,13,16H,9-10H2,1-2H3. The van der Waals surface area contributed by atoms with E-state index in [9.17, 15) is 0 Å². The van der Waals surface area contributed by atoms with Crippen LogP contribution in [0.3, 0.4) is 0 Å². The fourth-order valence-corrected chi connectivity index (χ4v) is 2.51. The maximum Gasteiger partial charge on any atom is 0.0208 e. The van der Waals surface area contributed by atoms with E-state index in [-0.39, 0.29) is 0 Å². The van der Waals surface area contributed by atoms with E-state index in [1.54, 1.807) is 11.3 Å². The second-order valence-corrected chi connectivity index (χ2v) is 5.38. The molecule has 1 nitrogen and oxygen atoms in total. The molecule has 0 bridgehead atoms. The van der Waals surface area contributed by atoms with Crippen LogP contribution in [0.1, 0.15) is 23.6 Å². The summed E-state index contributed by atoms with van der Waals surface area (Å²) in [6.07, 6.45) is 1.11. The summed E-state index contributed by atoms with van der Waals surface area (Å²) >= 11 is 1.77. The summed E-state index contributed by atoms with van der Waals surface area (Å²) in [5.41, 5.74) is 4.10. The zero-order chi connectivity index (χ0) is 12.1. The fraction of sp³-hybridized carbons (Fsp3) is 0.333. The van der Waals surface area contributed by atoms with Gasteiger partial charge in [0.05, 0.1) is 0 Å². The quantitative estimate of drug-likeness (QED) is 0.845. The number of hydrogen-bond acceptors (Lipinski definition) is 2. The van der Waals surface area contributed by atoms with E-state index in [0.717, 1.165) is 13.0 Å². The van der Waals surface area contributed by atoms with Crippen molar-refractivity contribution in [2.75, 3.05) is 0 Å². The molecule has 1 aromatic heterocycles. The average Bonchev–Trinajstić information content (AvgIpc) is 2.81. The van der Waals surface area contributed by atoms with Crippen molar-refractivity contribution in [2.45, 2.75) is 32.9 Å². The number of nitrogens with one attached hydrogen (secondary N) is 1. The summed E-state index contributed by atoms with van der Waals surface area (Å²) in [5.74, 6) is 0. The molecule has 0 aliphatic heterocycles. The van der Waals surface area contributed by atoms with Gasteiger partial charge in [0, 0.05) is 12.6 Å². The molecule has 0 amide bonds. The maximum absolute atomic E-state index is 3.56. The monoisotopic (exact) mass is 245 g/mol. The average molecular weight is 245 g/mol. The van der Waals surface area contributed by atoms with Crippen LogP contribution >= 0.6 is 11.3 Å². The van der Waals surface area contributed by atoms with E-state index >= 15 is 0 Å². The normalized spacial score (nSPS) is 12.6. The predicted octanol–water partition coefficient (Wildman–Crippen LogP) is 3.78. The Morgan fingerprint density at radius 3 is 2.53 bits per heavy atom. The SMILES string of the molecule is Cc1ccc(CNC(C)Cc2ccsc2)cc1. The third-order valence-corrected chi connectivity index (χ3v) is 3.63. The predicted molar refractivity (Wildman–Crippen MR) is 75.5 cm³/mol. The Hall–Kier alpha value is -1.12. The molecule has 0 aliphatic carbocycles. The first kappa shape index (κ1) is 12.3. The number of aryl methyl sites for hydroxylation is 1. The highest BCUT2D eigenvalue weighted by Gasteiger charge is 2.03. The maximum atomic E-state index is 3.56. The minimum atomic E-state index is 0.519. The molecule has 0 fully saturated rings. The van der Waals surface area contributed by atoms with Gasteiger partial charge in [0.15, 0.2) is 0 Å². The van der Waals surface area contributed by atoms with Crippen LogP contribution in [0.25, 0.3) is 0 Å². The Morgan fingerprint density at radius 1 is 1.12 bits per heavy atom. The Bertz CT molecular complexity index is 430.